The Kier molecular flexibility index (Phi) is 5.78. The number of methoxy groups -OCH3 is 1. The molecule has 0 aliphatic rings. The predicted octanol–water partition coefficient (Wildman–Crippen LogP) is 4.56. The molecular weight excluding hydrogens is 355 g/mol. The molecule has 2 rings (SSSR count). The largest absolute Gasteiger partial charge is 0.495 e. The third-order valence-corrected chi connectivity index (χ3v) is 3.50. The molecule has 0 bridgehead atoms. The number of anilines is 1. The first-order valence-electron chi connectivity index (χ1n) is 6.67. The van der Waals surface area contributed by atoms with E-state index in [-0.39, 0.29) is 5.69 Å². The minimum absolute atomic E-state index is 0.0538. The topological polar surface area (TPSA) is 81.5 Å². The van der Waals surface area contributed by atoms with Crippen LogP contribution in [0.15, 0.2) is 42.5 Å². The summed E-state index contributed by atoms with van der Waals surface area (Å²) in [5, 5.41) is 13.9. The molecule has 2 aromatic rings. The average Bonchev–Trinajstić information content (AvgIpc) is 2.53. The molecule has 0 unspecified atom stereocenters. The second-order valence-corrected chi connectivity index (χ2v) is 5.48. The summed E-state index contributed by atoms with van der Waals surface area (Å²) in [4.78, 5) is 22.0. The fraction of sp³-hybridized carbons (Fsp3) is 0.0625. The quantitative estimate of drug-likeness (QED) is 0.477. The van der Waals surface area contributed by atoms with Crippen molar-refractivity contribution in [2.75, 3.05) is 12.4 Å². The number of amides is 1. The Balaban J connectivity index is 2.12. The molecule has 0 atom stereocenters. The van der Waals surface area contributed by atoms with Crippen molar-refractivity contribution >= 4 is 46.6 Å². The van der Waals surface area contributed by atoms with Gasteiger partial charge in [0.25, 0.3) is 5.69 Å². The van der Waals surface area contributed by atoms with E-state index in [1.54, 1.807) is 6.07 Å². The molecule has 24 heavy (non-hydrogen) atoms. The highest BCUT2D eigenvalue weighted by atomic mass is 35.5. The summed E-state index contributed by atoms with van der Waals surface area (Å²) >= 11 is 12.0. The summed E-state index contributed by atoms with van der Waals surface area (Å²) in [6.45, 7) is 0. The molecule has 0 fully saturated rings. The third kappa shape index (κ3) is 4.47. The van der Waals surface area contributed by atoms with Gasteiger partial charge in [-0.25, -0.2) is 0 Å². The van der Waals surface area contributed by atoms with Gasteiger partial charge < -0.3 is 10.1 Å². The standard InChI is InChI=1S/C16H12Cl2N2O4/c1-24-16-10(8-11(17)9-14(16)18)2-7-15(21)19-12-3-5-13(6-4-12)20(22)23/h2-9H,1H3,(H,19,21). The summed E-state index contributed by atoms with van der Waals surface area (Å²) in [6, 6.07) is 8.65. The van der Waals surface area contributed by atoms with Crippen molar-refractivity contribution in [1.29, 1.82) is 0 Å². The summed E-state index contributed by atoms with van der Waals surface area (Å²) in [5.41, 5.74) is 0.932. The van der Waals surface area contributed by atoms with Gasteiger partial charge in [-0.1, -0.05) is 23.2 Å². The van der Waals surface area contributed by atoms with Crippen molar-refractivity contribution in [3.63, 3.8) is 0 Å². The highest BCUT2D eigenvalue weighted by molar-refractivity contribution is 6.36. The zero-order chi connectivity index (χ0) is 17.7. The molecule has 6 nitrogen and oxygen atoms in total. The molecule has 1 amide bonds. The van der Waals surface area contributed by atoms with Crippen LogP contribution >= 0.6 is 23.2 Å². The van der Waals surface area contributed by atoms with Crippen molar-refractivity contribution in [1.82, 2.24) is 0 Å². The van der Waals surface area contributed by atoms with Gasteiger partial charge >= 0.3 is 0 Å². The molecule has 1 N–H and O–H groups in total. The minimum atomic E-state index is -0.513. The van der Waals surface area contributed by atoms with E-state index in [2.05, 4.69) is 5.32 Å². The number of nitro groups is 1. The fourth-order valence-corrected chi connectivity index (χ4v) is 2.52. The number of halogens is 2. The monoisotopic (exact) mass is 366 g/mol. The van der Waals surface area contributed by atoms with Crippen molar-refractivity contribution in [3.05, 3.63) is 68.2 Å². The van der Waals surface area contributed by atoms with Crippen molar-refractivity contribution in [3.8, 4) is 5.75 Å². The number of nitrogens with zero attached hydrogens (tertiary/aromatic N) is 1. The lowest BCUT2D eigenvalue weighted by atomic mass is 10.2. The maximum atomic E-state index is 11.9. The van der Waals surface area contributed by atoms with E-state index in [1.807, 2.05) is 0 Å². The van der Waals surface area contributed by atoms with Crippen LogP contribution in [-0.2, 0) is 4.79 Å². The lowest BCUT2D eigenvalue weighted by molar-refractivity contribution is -0.384. The zero-order valence-corrected chi connectivity index (χ0v) is 14.0. The molecule has 0 heterocycles. The number of ether oxygens (including phenoxy) is 1. The van der Waals surface area contributed by atoms with E-state index >= 15 is 0 Å². The number of hydrogen-bond acceptors (Lipinski definition) is 4. The first-order chi connectivity index (χ1) is 11.4. The maximum absolute atomic E-state index is 11.9. The van der Waals surface area contributed by atoms with Crippen LogP contribution in [-0.4, -0.2) is 17.9 Å². The van der Waals surface area contributed by atoms with Crippen LogP contribution in [0.3, 0.4) is 0 Å². The van der Waals surface area contributed by atoms with Gasteiger partial charge in [-0.05, 0) is 30.3 Å². The smallest absolute Gasteiger partial charge is 0.269 e. The Morgan fingerprint density at radius 2 is 1.92 bits per heavy atom. The van der Waals surface area contributed by atoms with Gasteiger partial charge in [-0.2, -0.15) is 0 Å². The minimum Gasteiger partial charge on any atom is -0.495 e. The Labute approximate surface area is 147 Å². The number of carbonyl (C=O) groups is 1. The second kappa shape index (κ2) is 7.81. The number of nitrogens with one attached hydrogen (secondary N) is 1. The van der Waals surface area contributed by atoms with Crippen LogP contribution in [0.25, 0.3) is 6.08 Å². The van der Waals surface area contributed by atoms with Crippen LogP contribution in [0.2, 0.25) is 10.0 Å². The lowest BCUT2D eigenvalue weighted by Crippen LogP contribution is -2.07. The Morgan fingerprint density at radius 1 is 1.25 bits per heavy atom. The van der Waals surface area contributed by atoms with Gasteiger partial charge in [0.15, 0.2) is 0 Å². The van der Waals surface area contributed by atoms with Gasteiger partial charge in [0, 0.05) is 34.5 Å². The normalized spacial score (nSPS) is 10.6. The number of rotatable bonds is 5. The van der Waals surface area contributed by atoms with Gasteiger partial charge in [0.05, 0.1) is 17.1 Å². The summed E-state index contributed by atoms with van der Waals surface area (Å²) in [6.07, 6.45) is 2.79. The first-order valence-corrected chi connectivity index (χ1v) is 7.43. The molecule has 0 aromatic heterocycles. The zero-order valence-electron chi connectivity index (χ0n) is 12.5. The third-order valence-electron chi connectivity index (χ3n) is 3.00. The second-order valence-electron chi connectivity index (χ2n) is 4.64. The van der Waals surface area contributed by atoms with Crippen LogP contribution in [0, 0.1) is 10.1 Å². The van der Waals surface area contributed by atoms with Gasteiger partial charge in [-0.3, -0.25) is 14.9 Å². The Morgan fingerprint density at radius 3 is 2.50 bits per heavy atom. The molecule has 0 spiro atoms. The molecule has 0 saturated carbocycles. The molecular formula is C16H12Cl2N2O4. The van der Waals surface area contributed by atoms with Crippen molar-refractivity contribution in [2.45, 2.75) is 0 Å². The number of benzene rings is 2. The summed E-state index contributed by atoms with van der Waals surface area (Å²) in [7, 11) is 1.46. The van der Waals surface area contributed by atoms with E-state index in [9.17, 15) is 14.9 Å². The highest BCUT2D eigenvalue weighted by Gasteiger charge is 2.08. The van der Waals surface area contributed by atoms with Crippen molar-refractivity contribution < 1.29 is 14.5 Å². The van der Waals surface area contributed by atoms with Gasteiger partial charge in [0.2, 0.25) is 5.91 Å². The molecule has 0 radical (unpaired) electrons. The average molecular weight is 367 g/mol. The molecule has 8 heteroatoms. The van der Waals surface area contributed by atoms with Crippen LogP contribution < -0.4 is 10.1 Å². The highest BCUT2D eigenvalue weighted by Crippen LogP contribution is 2.32. The number of hydrogen-bond donors (Lipinski definition) is 1. The van der Waals surface area contributed by atoms with Gasteiger partial charge in [0.1, 0.15) is 5.75 Å². The predicted molar refractivity (Wildman–Crippen MR) is 93.8 cm³/mol. The van der Waals surface area contributed by atoms with E-state index in [0.29, 0.717) is 27.0 Å². The SMILES string of the molecule is COc1c(Cl)cc(Cl)cc1C=CC(=O)Nc1ccc([N+](=O)[O-])cc1. The van der Waals surface area contributed by atoms with Crippen LogP contribution in [0.5, 0.6) is 5.75 Å². The Bertz CT molecular complexity index is 804. The van der Waals surface area contributed by atoms with Crippen molar-refractivity contribution in [2.24, 2.45) is 0 Å². The molecule has 0 aliphatic carbocycles. The summed E-state index contributed by atoms with van der Waals surface area (Å²) < 4.78 is 5.18. The lowest BCUT2D eigenvalue weighted by Gasteiger charge is -2.08. The van der Waals surface area contributed by atoms with E-state index < -0.39 is 10.8 Å². The van der Waals surface area contributed by atoms with Crippen LogP contribution in [0.1, 0.15) is 5.56 Å². The van der Waals surface area contributed by atoms with E-state index in [1.165, 1.54) is 49.6 Å². The van der Waals surface area contributed by atoms with E-state index in [0.717, 1.165) is 0 Å². The first kappa shape index (κ1) is 17.8. The molecule has 0 aliphatic heterocycles. The fourth-order valence-electron chi connectivity index (χ4n) is 1.94. The number of non-ortho nitro benzene ring substituents is 1. The molecule has 2 aromatic carbocycles. The number of carbonyl (C=O) groups excluding carboxylic acids is 1. The molecule has 0 saturated heterocycles. The maximum Gasteiger partial charge on any atom is 0.269 e. The molecule has 124 valence electrons. The Hall–Kier alpha value is -2.57. The van der Waals surface area contributed by atoms with Crippen LogP contribution in [0.4, 0.5) is 11.4 Å². The van der Waals surface area contributed by atoms with E-state index in [4.69, 9.17) is 27.9 Å². The summed E-state index contributed by atoms with van der Waals surface area (Å²) in [5.74, 6) is -0.0116. The van der Waals surface area contributed by atoms with Gasteiger partial charge in [-0.15, -0.1) is 0 Å². The number of nitro benzene ring substituents is 1.